The Bertz CT molecular complexity index is 611. The van der Waals surface area contributed by atoms with Gasteiger partial charge in [0.25, 0.3) is 0 Å². The van der Waals surface area contributed by atoms with Crippen molar-refractivity contribution < 1.29 is 4.74 Å². The van der Waals surface area contributed by atoms with Gasteiger partial charge in [0.05, 0.1) is 0 Å². The zero-order chi connectivity index (χ0) is 15.5. The topological polar surface area (TPSA) is 9.23 Å². The Morgan fingerprint density at radius 2 is 1.59 bits per heavy atom. The molecule has 1 fully saturated rings. The van der Waals surface area contributed by atoms with E-state index < -0.39 is 0 Å². The first-order valence-corrected chi connectivity index (χ1v) is 8.46. The lowest BCUT2D eigenvalue weighted by molar-refractivity contribution is 0.296. The zero-order valence-electron chi connectivity index (χ0n) is 13.9. The Labute approximate surface area is 134 Å². The number of rotatable bonds is 6. The van der Waals surface area contributed by atoms with Gasteiger partial charge in [0.2, 0.25) is 0 Å². The summed E-state index contributed by atoms with van der Waals surface area (Å²) in [6, 6.07) is 17.1. The predicted octanol–water partition coefficient (Wildman–Crippen LogP) is 5.90. The smallest absolute Gasteiger partial charge is 0.126 e. The summed E-state index contributed by atoms with van der Waals surface area (Å²) in [5.41, 5.74) is 3.96. The Kier molecular flexibility index (Phi) is 4.52. The van der Waals surface area contributed by atoms with E-state index in [1.54, 1.807) is 0 Å². The van der Waals surface area contributed by atoms with Crippen molar-refractivity contribution in [2.24, 2.45) is 5.92 Å². The number of benzene rings is 2. The van der Waals surface area contributed by atoms with Crippen LogP contribution in [-0.4, -0.2) is 0 Å². The molecule has 22 heavy (non-hydrogen) atoms. The fourth-order valence-corrected chi connectivity index (χ4v) is 3.13. The van der Waals surface area contributed by atoms with Gasteiger partial charge < -0.3 is 4.74 Å². The molecular formula is C21H26O. The lowest BCUT2D eigenvalue weighted by Crippen LogP contribution is -2.06. The maximum absolute atomic E-state index is 6.31. The van der Waals surface area contributed by atoms with Gasteiger partial charge in [0.15, 0.2) is 0 Å². The zero-order valence-corrected chi connectivity index (χ0v) is 13.9. The normalized spacial score (nSPS) is 15.8. The first-order chi connectivity index (χ1) is 10.7. The van der Waals surface area contributed by atoms with E-state index in [0.29, 0.717) is 18.4 Å². The summed E-state index contributed by atoms with van der Waals surface area (Å²) in [5.74, 6) is 3.06. The van der Waals surface area contributed by atoms with Crippen LogP contribution in [0.2, 0.25) is 0 Å². The van der Waals surface area contributed by atoms with Crippen molar-refractivity contribution >= 4 is 0 Å². The third-order valence-electron chi connectivity index (χ3n) is 4.74. The van der Waals surface area contributed by atoms with E-state index in [9.17, 15) is 0 Å². The molecule has 2 aromatic rings. The van der Waals surface area contributed by atoms with Gasteiger partial charge in [-0.15, -0.1) is 0 Å². The molecule has 1 nitrogen and oxygen atoms in total. The Morgan fingerprint density at radius 3 is 2.23 bits per heavy atom. The number of hydrogen-bond donors (Lipinski definition) is 0. The van der Waals surface area contributed by atoms with Crippen LogP contribution in [0.4, 0.5) is 0 Å². The van der Waals surface area contributed by atoms with Crippen LogP contribution in [-0.2, 0) is 6.61 Å². The molecule has 1 saturated carbocycles. The maximum Gasteiger partial charge on any atom is 0.126 e. The highest BCUT2D eigenvalue weighted by Crippen LogP contribution is 2.46. The van der Waals surface area contributed by atoms with Crippen molar-refractivity contribution in [1.29, 1.82) is 0 Å². The van der Waals surface area contributed by atoms with E-state index in [0.717, 1.165) is 11.7 Å². The van der Waals surface area contributed by atoms with Crippen molar-refractivity contribution in [2.45, 2.75) is 52.1 Å². The molecule has 0 aliphatic heterocycles. The molecule has 2 aromatic carbocycles. The average molecular weight is 294 g/mol. The van der Waals surface area contributed by atoms with Crippen LogP contribution >= 0.6 is 0 Å². The van der Waals surface area contributed by atoms with E-state index in [1.807, 2.05) is 6.07 Å². The van der Waals surface area contributed by atoms with Gasteiger partial charge in [-0.25, -0.2) is 0 Å². The second kappa shape index (κ2) is 6.56. The van der Waals surface area contributed by atoms with Crippen LogP contribution in [0.15, 0.2) is 48.5 Å². The fraction of sp³-hybridized carbons (Fsp3) is 0.429. The van der Waals surface area contributed by atoms with Gasteiger partial charge in [0.1, 0.15) is 12.4 Å². The summed E-state index contributed by atoms with van der Waals surface area (Å²) in [4.78, 5) is 0. The van der Waals surface area contributed by atoms with Crippen molar-refractivity contribution in [1.82, 2.24) is 0 Å². The Morgan fingerprint density at radius 1 is 0.909 bits per heavy atom. The molecule has 0 N–H and O–H groups in total. The quantitative estimate of drug-likeness (QED) is 0.644. The summed E-state index contributed by atoms with van der Waals surface area (Å²) in [5, 5.41) is 0. The number of ether oxygens (including phenoxy) is 1. The van der Waals surface area contributed by atoms with Crippen LogP contribution in [0.3, 0.4) is 0 Å². The summed E-state index contributed by atoms with van der Waals surface area (Å²) >= 11 is 0. The van der Waals surface area contributed by atoms with E-state index in [2.05, 4.69) is 63.2 Å². The molecule has 1 atom stereocenters. The second-order valence-electron chi connectivity index (χ2n) is 6.82. The van der Waals surface area contributed by atoms with Crippen molar-refractivity contribution in [3.63, 3.8) is 0 Å². The molecule has 1 aliphatic rings. The number of hydrogen-bond acceptors (Lipinski definition) is 1. The first-order valence-electron chi connectivity index (χ1n) is 8.46. The predicted molar refractivity (Wildman–Crippen MR) is 92.4 cm³/mol. The fourth-order valence-electron chi connectivity index (χ4n) is 3.13. The highest BCUT2D eigenvalue weighted by molar-refractivity contribution is 5.45. The molecule has 0 heterocycles. The highest BCUT2D eigenvalue weighted by atomic mass is 16.5. The van der Waals surface area contributed by atoms with Crippen LogP contribution < -0.4 is 4.74 Å². The summed E-state index contributed by atoms with van der Waals surface area (Å²) in [6.45, 7) is 7.49. The van der Waals surface area contributed by atoms with Gasteiger partial charge in [-0.1, -0.05) is 69.3 Å². The van der Waals surface area contributed by atoms with Gasteiger partial charge in [-0.3, -0.25) is 0 Å². The minimum absolute atomic E-state index is 0.483. The molecule has 0 radical (unpaired) electrons. The minimum atomic E-state index is 0.483. The number of para-hydroxylation sites is 1. The summed E-state index contributed by atoms with van der Waals surface area (Å²) < 4.78 is 6.31. The first kappa shape index (κ1) is 15.1. The molecule has 3 rings (SSSR count). The van der Waals surface area contributed by atoms with Crippen molar-refractivity contribution in [2.75, 3.05) is 0 Å². The second-order valence-corrected chi connectivity index (χ2v) is 6.82. The lowest BCUT2D eigenvalue weighted by Gasteiger charge is -2.21. The minimum Gasteiger partial charge on any atom is -0.488 e. The van der Waals surface area contributed by atoms with Crippen LogP contribution in [0, 0.1) is 5.92 Å². The molecule has 0 aromatic heterocycles. The van der Waals surface area contributed by atoms with E-state index in [4.69, 9.17) is 4.74 Å². The average Bonchev–Trinajstić information content (AvgIpc) is 3.37. The van der Waals surface area contributed by atoms with Crippen molar-refractivity contribution in [3.05, 3.63) is 65.2 Å². The molecule has 1 heteroatoms. The molecular weight excluding hydrogens is 268 g/mol. The molecule has 116 valence electrons. The third kappa shape index (κ3) is 3.35. The van der Waals surface area contributed by atoms with Crippen LogP contribution in [0.25, 0.3) is 0 Å². The molecule has 0 unspecified atom stereocenters. The van der Waals surface area contributed by atoms with E-state index in [1.165, 1.54) is 29.5 Å². The Hall–Kier alpha value is -1.76. The SMILES string of the molecule is CC(C)c1cccc([C@H](C)C2CC2)c1OCc1ccccc1. The van der Waals surface area contributed by atoms with Gasteiger partial charge >= 0.3 is 0 Å². The highest BCUT2D eigenvalue weighted by Gasteiger charge is 2.31. The molecule has 0 bridgehead atoms. The molecule has 0 spiro atoms. The third-order valence-corrected chi connectivity index (χ3v) is 4.74. The van der Waals surface area contributed by atoms with Crippen molar-refractivity contribution in [3.8, 4) is 5.75 Å². The van der Waals surface area contributed by atoms with E-state index >= 15 is 0 Å². The maximum atomic E-state index is 6.31. The monoisotopic (exact) mass is 294 g/mol. The van der Waals surface area contributed by atoms with Crippen LogP contribution in [0.1, 0.15) is 62.1 Å². The largest absolute Gasteiger partial charge is 0.488 e. The Balaban J connectivity index is 1.88. The molecule has 0 amide bonds. The van der Waals surface area contributed by atoms with Gasteiger partial charge in [-0.05, 0) is 47.3 Å². The summed E-state index contributed by atoms with van der Waals surface area (Å²) in [6.07, 6.45) is 2.73. The summed E-state index contributed by atoms with van der Waals surface area (Å²) in [7, 11) is 0. The van der Waals surface area contributed by atoms with Crippen LogP contribution in [0.5, 0.6) is 5.75 Å². The molecule has 1 aliphatic carbocycles. The van der Waals surface area contributed by atoms with Gasteiger partial charge in [-0.2, -0.15) is 0 Å². The van der Waals surface area contributed by atoms with E-state index in [-0.39, 0.29) is 0 Å². The standard InChI is InChI=1S/C21H26O/c1-15(2)19-10-7-11-20(16(3)18-12-13-18)21(19)22-14-17-8-5-4-6-9-17/h4-11,15-16,18H,12-14H2,1-3H3/t16-/m1/s1. The molecule has 0 saturated heterocycles. The lowest BCUT2D eigenvalue weighted by atomic mass is 9.90. The van der Waals surface area contributed by atoms with Gasteiger partial charge in [0, 0.05) is 0 Å².